The number of nitrogens with zero attached hydrogens (tertiary/aromatic N) is 1. The van der Waals surface area contributed by atoms with Crippen LogP contribution in [-0.2, 0) is 0 Å². The molecule has 0 unspecified atom stereocenters. The number of hydrogen-bond donors (Lipinski definition) is 1. The molecule has 0 aromatic carbocycles. The Morgan fingerprint density at radius 3 is 2.13 bits per heavy atom. The van der Waals surface area contributed by atoms with Crippen molar-refractivity contribution in [3.63, 3.8) is 0 Å². The molecule has 0 saturated heterocycles. The van der Waals surface area contributed by atoms with Crippen molar-refractivity contribution in [1.82, 2.24) is 5.32 Å². The highest BCUT2D eigenvalue weighted by atomic mass is 15.0. The van der Waals surface area contributed by atoms with Crippen molar-refractivity contribution in [3.05, 3.63) is 0 Å². The van der Waals surface area contributed by atoms with Crippen molar-refractivity contribution in [2.45, 2.75) is 75.8 Å². The van der Waals surface area contributed by atoms with Gasteiger partial charge in [0.25, 0.3) is 0 Å². The van der Waals surface area contributed by atoms with Gasteiger partial charge in [-0.05, 0) is 25.7 Å². The van der Waals surface area contributed by atoms with E-state index in [1.54, 1.807) is 0 Å². The molecule has 0 amide bonds. The first-order valence-electron chi connectivity index (χ1n) is 6.54. The van der Waals surface area contributed by atoms with Gasteiger partial charge in [-0.1, -0.05) is 38.5 Å². The van der Waals surface area contributed by atoms with Crippen LogP contribution in [0.2, 0.25) is 0 Å². The molecule has 0 radical (unpaired) electrons. The summed E-state index contributed by atoms with van der Waals surface area (Å²) < 4.78 is 0. The molecule has 0 aromatic heterocycles. The Balaban J connectivity index is 1.91. The summed E-state index contributed by atoms with van der Waals surface area (Å²) in [6.07, 6.45) is 12.6. The van der Waals surface area contributed by atoms with Crippen LogP contribution in [0.1, 0.15) is 64.2 Å². The lowest BCUT2D eigenvalue weighted by molar-refractivity contribution is 0.238. The molecule has 2 aliphatic rings. The molecule has 0 spiro atoms. The monoisotopic (exact) mass is 206 g/mol. The second-order valence-corrected chi connectivity index (χ2v) is 5.23. The van der Waals surface area contributed by atoms with Crippen molar-refractivity contribution in [3.8, 4) is 6.07 Å². The highest BCUT2D eigenvalue weighted by molar-refractivity contribution is 5.09. The Bertz CT molecular complexity index is 229. The van der Waals surface area contributed by atoms with Crippen molar-refractivity contribution >= 4 is 0 Å². The molecular formula is C13H22N2. The molecule has 15 heavy (non-hydrogen) atoms. The molecule has 2 heteroatoms. The van der Waals surface area contributed by atoms with E-state index in [1.807, 2.05) is 0 Å². The summed E-state index contributed by atoms with van der Waals surface area (Å²) in [6.45, 7) is 0. The number of hydrogen-bond acceptors (Lipinski definition) is 2. The van der Waals surface area contributed by atoms with Gasteiger partial charge < -0.3 is 0 Å². The van der Waals surface area contributed by atoms with E-state index < -0.39 is 0 Å². The van der Waals surface area contributed by atoms with E-state index >= 15 is 0 Å². The largest absolute Gasteiger partial charge is 0.297 e. The van der Waals surface area contributed by atoms with Gasteiger partial charge in [0.2, 0.25) is 0 Å². The van der Waals surface area contributed by atoms with E-state index in [0.717, 1.165) is 12.8 Å². The molecule has 2 saturated carbocycles. The molecule has 2 fully saturated rings. The van der Waals surface area contributed by atoms with Gasteiger partial charge in [-0.25, -0.2) is 0 Å². The van der Waals surface area contributed by atoms with Gasteiger partial charge in [-0.15, -0.1) is 0 Å². The van der Waals surface area contributed by atoms with Crippen LogP contribution in [0.15, 0.2) is 0 Å². The zero-order chi connectivity index (χ0) is 10.6. The minimum Gasteiger partial charge on any atom is -0.297 e. The number of rotatable bonds is 2. The lowest BCUT2D eigenvalue weighted by Gasteiger charge is -2.37. The summed E-state index contributed by atoms with van der Waals surface area (Å²) in [5.74, 6) is 0. The Morgan fingerprint density at radius 1 is 0.933 bits per heavy atom. The second-order valence-electron chi connectivity index (χ2n) is 5.23. The molecular weight excluding hydrogens is 184 g/mol. The minimum atomic E-state index is -0.166. The lowest BCUT2D eigenvalue weighted by atomic mass is 9.81. The Morgan fingerprint density at radius 2 is 1.53 bits per heavy atom. The van der Waals surface area contributed by atoms with E-state index in [-0.39, 0.29) is 5.54 Å². The van der Waals surface area contributed by atoms with Gasteiger partial charge >= 0.3 is 0 Å². The summed E-state index contributed by atoms with van der Waals surface area (Å²) in [5.41, 5.74) is -0.166. The minimum absolute atomic E-state index is 0.166. The predicted molar refractivity (Wildman–Crippen MR) is 61.4 cm³/mol. The quantitative estimate of drug-likeness (QED) is 0.753. The highest BCUT2D eigenvalue weighted by Gasteiger charge is 2.34. The highest BCUT2D eigenvalue weighted by Crippen LogP contribution is 2.30. The maximum absolute atomic E-state index is 9.36. The molecule has 2 aliphatic carbocycles. The van der Waals surface area contributed by atoms with Crippen molar-refractivity contribution in [1.29, 1.82) is 5.26 Å². The summed E-state index contributed by atoms with van der Waals surface area (Å²) in [6, 6.07) is 3.18. The van der Waals surface area contributed by atoms with Crippen molar-refractivity contribution in [2.75, 3.05) is 0 Å². The van der Waals surface area contributed by atoms with Crippen LogP contribution >= 0.6 is 0 Å². The van der Waals surface area contributed by atoms with Gasteiger partial charge in [-0.2, -0.15) is 5.26 Å². The van der Waals surface area contributed by atoms with E-state index in [2.05, 4.69) is 11.4 Å². The summed E-state index contributed by atoms with van der Waals surface area (Å²) >= 11 is 0. The average molecular weight is 206 g/mol. The van der Waals surface area contributed by atoms with Crippen molar-refractivity contribution < 1.29 is 0 Å². The Hall–Kier alpha value is -0.550. The third-order valence-electron chi connectivity index (χ3n) is 4.01. The molecule has 0 heterocycles. The molecule has 0 aliphatic heterocycles. The summed E-state index contributed by atoms with van der Waals surface area (Å²) in [5, 5.41) is 13.0. The van der Waals surface area contributed by atoms with E-state index in [1.165, 1.54) is 51.4 Å². The molecule has 1 N–H and O–H groups in total. The van der Waals surface area contributed by atoms with Gasteiger partial charge in [0.15, 0.2) is 0 Å². The van der Waals surface area contributed by atoms with Crippen molar-refractivity contribution in [2.24, 2.45) is 0 Å². The van der Waals surface area contributed by atoms with Crippen LogP contribution in [-0.4, -0.2) is 11.6 Å². The van der Waals surface area contributed by atoms with Crippen LogP contribution in [0, 0.1) is 11.3 Å². The zero-order valence-corrected chi connectivity index (χ0v) is 9.60. The molecule has 0 bridgehead atoms. The smallest absolute Gasteiger partial charge is 0.106 e. The normalized spacial score (nSPS) is 27.1. The first kappa shape index (κ1) is 11.0. The number of nitrogens with one attached hydrogen (secondary N) is 1. The Labute approximate surface area is 93.0 Å². The topological polar surface area (TPSA) is 35.8 Å². The maximum atomic E-state index is 9.36. The SMILES string of the molecule is N#CC1(NC2CCCCC2)CCCCC1. The third-order valence-corrected chi connectivity index (χ3v) is 4.01. The van der Waals surface area contributed by atoms with E-state index in [4.69, 9.17) is 0 Å². The van der Waals surface area contributed by atoms with Crippen LogP contribution in [0.5, 0.6) is 0 Å². The maximum Gasteiger partial charge on any atom is 0.106 e. The third kappa shape index (κ3) is 2.72. The first-order valence-corrected chi connectivity index (χ1v) is 6.54. The second kappa shape index (κ2) is 4.99. The molecule has 84 valence electrons. The van der Waals surface area contributed by atoms with Gasteiger partial charge in [-0.3, -0.25) is 5.32 Å². The molecule has 2 rings (SSSR count). The number of nitriles is 1. The van der Waals surface area contributed by atoms with Gasteiger partial charge in [0.1, 0.15) is 5.54 Å². The lowest BCUT2D eigenvalue weighted by Crippen LogP contribution is -2.51. The van der Waals surface area contributed by atoms with Crippen LogP contribution < -0.4 is 5.32 Å². The summed E-state index contributed by atoms with van der Waals surface area (Å²) in [4.78, 5) is 0. The van der Waals surface area contributed by atoms with Crippen LogP contribution in [0.3, 0.4) is 0 Å². The van der Waals surface area contributed by atoms with Crippen LogP contribution in [0.4, 0.5) is 0 Å². The fraction of sp³-hybridized carbons (Fsp3) is 0.923. The predicted octanol–water partition coefficient (Wildman–Crippen LogP) is 3.14. The van der Waals surface area contributed by atoms with E-state index in [9.17, 15) is 5.26 Å². The van der Waals surface area contributed by atoms with Gasteiger partial charge in [0.05, 0.1) is 6.07 Å². The van der Waals surface area contributed by atoms with Crippen LogP contribution in [0.25, 0.3) is 0 Å². The molecule has 2 nitrogen and oxygen atoms in total. The molecule has 0 atom stereocenters. The van der Waals surface area contributed by atoms with E-state index in [0.29, 0.717) is 6.04 Å². The summed E-state index contributed by atoms with van der Waals surface area (Å²) in [7, 11) is 0. The average Bonchev–Trinajstić information content (AvgIpc) is 2.32. The molecule has 0 aromatic rings. The fourth-order valence-corrected chi connectivity index (χ4v) is 3.08. The fourth-order valence-electron chi connectivity index (χ4n) is 3.08. The van der Waals surface area contributed by atoms with Gasteiger partial charge in [0, 0.05) is 6.04 Å². The zero-order valence-electron chi connectivity index (χ0n) is 9.60. The standard InChI is InChI=1S/C13H22N2/c14-11-13(9-5-2-6-10-13)15-12-7-3-1-4-8-12/h12,15H,1-10H2. The Kier molecular flexibility index (Phi) is 3.64. The first-order chi connectivity index (χ1) is 7.35.